The molecule has 0 spiro atoms. The number of amides is 1. The van der Waals surface area contributed by atoms with Crippen LogP contribution in [0.3, 0.4) is 0 Å². The monoisotopic (exact) mass is 633 g/mol. The summed E-state index contributed by atoms with van der Waals surface area (Å²) in [4.78, 5) is 39.6. The summed E-state index contributed by atoms with van der Waals surface area (Å²) in [5.74, 6) is 0.189. The molecule has 0 aliphatic carbocycles. The van der Waals surface area contributed by atoms with E-state index in [1.807, 2.05) is 16.7 Å². The Labute approximate surface area is 264 Å². The van der Waals surface area contributed by atoms with Crippen LogP contribution >= 0.6 is 0 Å². The van der Waals surface area contributed by atoms with Gasteiger partial charge in [0.05, 0.1) is 16.6 Å². The summed E-state index contributed by atoms with van der Waals surface area (Å²) < 4.78 is 35.1. The molecular formula is C33H37F2N7O4. The molecule has 46 heavy (non-hydrogen) atoms. The number of carbonyl (C=O) groups excluding carboxylic acids is 1. The SMILES string of the molecule is Cc1nc2n(c(=O)c1CCN1CCN(C(=O)c3ccc(F)cc3N3CCN(c4noc5cc(F)ccc45)CC3)CC1)CCCC2O. The standard InChI is InChI=1S/C33H37F2N7O4/c1-21-24(33(45)42-9-2-3-28(43)31(42)36-21)8-10-38-11-13-41(14-12-38)32(44)25-6-4-22(34)19-27(25)39-15-17-40(18-16-39)30-26-7-5-23(35)20-29(26)46-37-30/h4-7,19-20,28,43H,2-3,8-18H2,1H3. The number of hydrogen-bond donors (Lipinski definition) is 1. The Balaban J connectivity index is 0.979. The number of nitrogens with zero attached hydrogens (tertiary/aromatic N) is 7. The van der Waals surface area contributed by atoms with Crippen LogP contribution in [0.15, 0.2) is 45.7 Å². The van der Waals surface area contributed by atoms with Gasteiger partial charge >= 0.3 is 0 Å². The number of aryl methyl sites for hydroxylation is 1. The van der Waals surface area contributed by atoms with E-state index < -0.39 is 11.9 Å². The molecule has 0 bridgehead atoms. The fourth-order valence-electron chi connectivity index (χ4n) is 6.90. The van der Waals surface area contributed by atoms with Gasteiger partial charge in [-0.3, -0.25) is 19.1 Å². The lowest BCUT2D eigenvalue weighted by Crippen LogP contribution is -2.50. The smallest absolute Gasteiger partial charge is 0.257 e. The zero-order valence-corrected chi connectivity index (χ0v) is 25.8. The van der Waals surface area contributed by atoms with E-state index in [4.69, 9.17) is 4.52 Å². The van der Waals surface area contributed by atoms with Gasteiger partial charge in [-0.25, -0.2) is 13.8 Å². The van der Waals surface area contributed by atoms with Gasteiger partial charge in [-0.15, -0.1) is 0 Å². The van der Waals surface area contributed by atoms with Gasteiger partial charge in [-0.05, 0) is 56.5 Å². The zero-order valence-electron chi connectivity index (χ0n) is 25.8. The Morgan fingerprint density at radius 3 is 2.46 bits per heavy atom. The first-order chi connectivity index (χ1) is 22.3. The van der Waals surface area contributed by atoms with Crippen LogP contribution in [0.4, 0.5) is 20.3 Å². The van der Waals surface area contributed by atoms with Crippen LogP contribution in [-0.2, 0) is 13.0 Å². The topological polar surface area (TPSA) is 111 Å². The van der Waals surface area contributed by atoms with Crippen LogP contribution in [0.5, 0.6) is 0 Å². The maximum Gasteiger partial charge on any atom is 0.257 e. The van der Waals surface area contributed by atoms with E-state index in [9.17, 15) is 23.5 Å². The van der Waals surface area contributed by atoms with Gasteiger partial charge in [0.2, 0.25) is 0 Å². The van der Waals surface area contributed by atoms with Crippen molar-refractivity contribution in [2.24, 2.45) is 0 Å². The molecule has 2 fully saturated rings. The minimum atomic E-state index is -0.695. The fourth-order valence-corrected chi connectivity index (χ4v) is 6.90. The Morgan fingerprint density at radius 1 is 0.957 bits per heavy atom. The number of fused-ring (bicyclic) bond motifs is 2. The predicted molar refractivity (Wildman–Crippen MR) is 168 cm³/mol. The van der Waals surface area contributed by atoms with E-state index in [-0.39, 0.29) is 17.3 Å². The number of aliphatic hydroxyl groups excluding tert-OH is 1. The van der Waals surface area contributed by atoms with Crippen molar-refractivity contribution in [3.05, 3.63) is 81.0 Å². The first-order valence-electron chi connectivity index (χ1n) is 15.9. The highest BCUT2D eigenvalue weighted by atomic mass is 19.1. The lowest BCUT2D eigenvalue weighted by Gasteiger charge is -2.38. The van der Waals surface area contributed by atoms with Gasteiger partial charge in [0.25, 0.3) is 11.5 Å². The van der Waals surface area contributed by atoms with E-state index in [1.165, 1.54) is 24.3 Å². The number of rotatable bonds is 6. The quantitative estimate of drug-likeness (QED) is 0.343. The Morgan fingerprint density at radius 2 is 1.67 bits per heavy atom. The van der Waals surface area contributed by atoms with E-state index in [0.29, 0.717) is 118 Å². The van der Waals surface area contributed by atoms with Crippen molar-refractivity contribution in [1.29, 1.82) is 0 Å². The van der Waals surface area contributed by atoms with Crippen molar-refractivity contribution in [3.8, 4) is 0 Å². The largest absolute Gasteiger partial charge is 0.385 e. The minimum Gasteiger partial charge on any atom is -0.385 e. The summed E-state index contributed by atoms with van der Waals surface area (Å²) in [5, 5.41) is 15.2. The van der Waals surface area contributed by atoms with E-state index in [1.54, 1.807) is 16.7 Å². The number of aromatic nitrogens is 3. The first-order valence-corrected chi connectivity index (χ1v) is 15.9. The number of hydrogen-bond acceptors (Lipinski definition) is 9. The summed E-state index contributed by atoms with van der Waals surface area (Å²) in [5.41, 5.74) is 2.70. The molecule has 1 atom stereocenters. The van der Waals surface area contributed by atoms with Crippen LogP contribution in [0.2, 0.25) is 0 Å². The number of piperazine rings is 2. The number of carbonyl (C=O) groups is 1. The molecule has 242 valence electrons. The third kappa shape index (κ3) is 5.73. The number of aliphatic hydroxyl groups is 1. The van der Waals surface area contributed by atoms with Gasteiger partial charge in [0.1, 0.15) is 23.6 Å². The lowest BCUT2D eigenvalue weighted by atomic mass is 10.1. The summed E-state index contributed by atoms with van der Waals surface area (Å²) >= 11 is 0. The highest BCUT2D eigenvalue weighted by Crippen LogP contribution is 2.30. The molecule has 2 aromatic heterocycles. The van der Waals surface area contributed by atoms with Gasteiger partial charge in [0.15, 0.2) is 11.4 Å². The summed E-state index contributed by atoms with van der Waals surface area (Å²) in [6.07, 6.45) is 1.23. The van der Waals surface area contributed by atoms with Crippen molar-refractivity contribution >= 4 is 28.4 Å². The number of anilines is 2. The molecule has 2 aromatic carbocycles. The molecule has 3 aliphatic heterocycles. The predicted octanol–water partition coefficient (Wildman–Crippen LogP) is 3.13. The van der Waals surface area contributed by atoms with E-state index in [0.717, 1.165) is 11.8 Å². The summed E-state index contributed by atoms with van der Waals surface area (Å²) in [6, 6.07) is 8.68. The van der Waals surface area contributed by atoms with Crippen molar-refractivity contribution in [1.82, 2.24) is 24.5 Å². The summed E-state index contributed by atoms with van der Waals surface area (Å²) in [6.45, 7) is 7.68. The van der Waals surface area contributed by atoms with Crippen LogP contribution in [-0.4, -0.2) is 94.4 Å². The number of benzene rings is 2. The lowest BCUT2D eigenvalue weighted by molar-refractivity contribution is 0.0638. The molecule has 4 aromatic rings. The molecule has 0 radical (unpaired) electrons. The minimum absolute atomic E-state index is 0.0653. The molecule has 13 heteroatoms. The normalized spacial score (nSPS) is 19.1. The van der Waals surface area contributed by atoms with E-state index in [2.05, 4.69) is 19.9 Å². The van der Waals surface area contributed by atoms with Crippen LogP contribution in [0, 0.1) is 18.6 Å². The van der Waals surface area contributed by atoms with Gasteiger partial charge in [0, 0.05) is 82.8 Å². The van der Waals surface area contributed by atoms with Crippen LogP contribution in [0.1, 0.15) is 46.4 Å². The molecule has 3 aliphatic rings. The molecule has 5 heterocycles. The second kappa shape index (κ2) is 12.4. The molecule has 11 nitrogen and oxygen atoms in total. The summed E-state index contributed by atoms with van der Waals surface area (Å²) in [7, 11) is 0. The molecular weight excluding hydrogens is 596 g/mol. The van der Waals surface area contributed by atoms with Crippen molar-refractivity contribution < 1.29 is 23.2 Å². The second-order valence-corrected chi connectivity index (χ2v) is 12.3. The van der Waals surface area contributed by atoms with Gasteiger partial charge in [-0.1, -0.05) is 5.16 Å². The third-order valence-corrected chi connectivity index (χ3v) is 9.52. The van der Waals surface area contributed by atoms with Gasteiger partial charge in [-0.2, -0.15) is 0 Å². The second-order valence-electron chi connectivity index (χ2n) is 12.3. The number of halogens is 2. The Bertz CT molecular complexity index is 1830. The maximum atomic E-state index is 14.5. The maximum absolute atomic E-state index is 14.5. The van der Waals surface area contributed by atoms with Gasteiger partial charge < -0.3 is 24.3 Å². The molecule has 0 saturated carbocycles. The average molecular weight is 634 g/mol. The molecule has 1 unspecified atom stereocenters. The Hall–Kier alpha value is -4.36. The molecule has 2 saturated heterocycles. The zero-order chi connectivity index (χ0) is 31.9. The van der Waals surface area contributed by atoms with E-state index >= 15 is 0 Å². The molecule has 1 amide bonds. The first kappa shape index (κ1) is 30.3. The van der Waals surface area contributed by atoms with Crippen molar-refractivity contribution in [2.75, 3.05) is 68.7 Å². The van der Waals surface area contributed by atoms with Crippen molar-refractivity contribution in [3.63, 3.8) is 0 Å². The molecule has 1 N–H and O–H groups in total. The fraction of sp³-hybridized carbons (Fsp3) is 0.455. The van der Waals surface area contributed by atoms with Crippen LogP contribution < -0.4 is 15.4 Å². The van der Waals surface area contributed by atoms with Crippen molar-refractivity contribution in [2.45, 2.75) is 38.8 Å². The highest BCUT2D eigenvalue weighted by Gasteiger charge is 2.29. The molecule has 7 rings (SSSR count). The Kier molecular flexibility index (Phi) is 8.20. The average Bonchev–Trinajstić information content (AvgIpc) is 3.48. The highest BCUT2D eigenvalue weighted by molar-refractivity contribution is 6.00. The van der Waals surface area contributed by atoms with Crippen LogP contribution in [0.25, 0.3) is 11.0 Å². The third-order valence-electron chi connectivity index (χ3n) is 9.52.